The number of aromatic nitrogens is 4. The van der Waals surface area contributed by atoms with Crippen LogP contribution >= 0.6 is 0 Å². The van der Waals surface area contributed by atoms with Crippen molar-refractivity contribution in [2.45, 2.75) is 26.9 Å². The van der Waals surface area contributed by atoms with Crippen molar-refractivity contribution >= 4 is 16.9 Å². The molecule has 2 aromatic heterocycles. The van der Waals surface area contributed by atoms with Gasteiger partial charge in [-0.15, -0.1) is 0 Å². The molecule has 1 aromatic carbocycles. The number of aryl methyl sites for hydroxylation is 3. The largest absolute Gasteiger partial charge is 0.333 e. The molecule has 0 saturated heterocycles. The van der Waals surface area contributed by atoms with Crippen LogP contribution in [-0.4, -0.2) is 37.2 Å². The number of imidazole rings is 1. The van der Waals surface area contributed by atoms with Gasteiger partial charge in [0.1, 0.15) is 11.5 Å². The molecule has 2 heterocycles. The molecular weight excluding hydrogens is 290 g/mol. The molecular formula is C17H21N5O. The van der Waals surface area contributed by atoms with Crippen LogP contribution in [0, 0.1) is 6.92 Å². The van der Waals surface area contributed by atoms with Gasteiger partial charge in [0.2, 0.25) is 0 Å². The maximum Gasteiger partial charge on any atom is 0.272 e. The minimum atomic E-state index is -0.0421. The van der Waals surface area contributed by atoms with Crippen molar-refractivity contribution in [2.75, 3.05) is 7.05 Å². The molecule has 0 spiro atoms. The van der Waals surface area contributed by atoms with Gasteiger partial charge in [-0.25, -0.2) is 4.98 Å². The first-order valence-corrected chi connectivity index (χ1v) is 7.71. The average molecular weight is 311 g/mol. The molecule has 3 rings (SSSR count). The molecule has 6 nitrogen and oxygen atoms in total. The number of para-hydroxylation sites is 2. The standard InChI is InChI=1S/C17H21N5O/c1-5-22-15(10-12(2)19-22)17(23)20(3)11-16-18-13-8-6-7-9-14(13)21(16)4/h6-10H,5,11H2,1-4H3. The number of amides is 1. The highest BCUT2D eigenvalue weighted by Crippen LogP contribution is 2.16. The lowest BCUT2D eigenvalue weighted by Crippen LogP contribution is -2.29. The Labute approximate surface area is 135 Å². The van der Waals surface area contributed by atoms with Crippen molar-refractivity contribution < 1.29 is 4.79 Å². The third kappa shape index (κ3) is 2.72. The van der Waals surface area contributed by atoms with Gasteiger partial charge in [-0.05, 0) is 32.0 Å². The molecule has 0 aliphatic carbocycles. The molecule has 1 amide bonds. The van der Waals surface area contributed by atoms with Crippen molar-refractivity contribution in [1.82, 2.24) is 24.2 Å². The van der Waals surface area contributed by atoms with Crippen LogP contribution in [0.5, 0.6) is 0 Å². The van der Waals surface area contributed by atoms with E-state index >= 15 is 0 Å². The minimum Gasteiger partial charge on any atom is -0.333 e. The third-order valence-electron chi connectivity index (χ3n) is 4.03. The quantitative estimate of drug-likeness (QED) is 0.743. The topological polar surface area (TPSA) is 56.0 Å². The van der Waals surface area contributed by atoms with Gasteiger partial charge in [-0.3, -0.25) is 9.48 Å². The van der Waals surface area contributed by atoms with Crippen molar-refractivity contribution in [2.24, 2.45) is 7.05 Å². The Morgan fingerprint density at radius 3 is 2.74 bits per heavy atom. The molecule has 0 bridgehead atoms. The van der Waals surface area contributed by atoms with Gasteiger partial charge in [-0.1, -0.05) is 12.1 Å². The maximum atomic E-state index is 12.7. The molecule has 0 radical (unpaired) electrons. The van der Waals surface area contributed by atoms with Crippen LogP contribution in [0.25, 0.3) is 11.0 Å². The fraction of sp³-hybridized carbons (Fsp3) is 0.353. The molecule has 0 aliphatic heterocycles. The predicted molar refractivity (Wildman–Crippen MR) is 89.1 cm³/mol. The van der Waals surface area contributed by atoms with E-state index in [4.69, 9.17) is 0 Å². The lowest BCUT2D eigenvalue weighted by Gasteiger charge is -2.17. The van der Waals surface area contributed by atoms with E-state index in [1.54, 1.807) is 16.6 Å². The van der Waals surface area contributed by atoms with E-state index in [1.807, 2.05) is 55.8 Å². The molecule has 0 saturated carbocycles. The van der Waals surface area contributed by atoms with Crippen LogP contribution in [0.4, 0.5) is 0 Å². The molecule has 23 heavy (non-hydrogen) atoms. The van der Waals surface area contributed by atoms with Crippen LogP contribution in [0.1, 0.15) is 28.9 Å². The number of benzene rings is 1. The number of carbonyl (C=O) groups is 1. The first kappa shape index (κ1) is 15.3. The predicted octanol–water partition coefficient (Wildman–Crippen LogP) is 2.37. The second-order valence-electron chi connectivity index (χ2n) is 5.72. The summed E-state index contributed by atoms with van der Waals surface area (Å²) in [5.41, 5.74) is 3.48. The van der Waals surface area contributed by atoms with E-state index in [0.29, 0.717) is 18.8 Å². The lowest BCUT2D eigenvalue weighted by molar-refractivity contribution is 0.0768. The zero-order chi connectivity index (χ0) is 16.6. The molecule has 6 heteroatoms. The van der Waals surface area contributed by atoms with Crippen molar-refractivity contribution in [3.63, 3.8) is 0 Å². The van der Waals surface area contributed by atoms with Gasteiger partial charge >= 0.3 is 0 Å². The van der Waals surface area contributed by atoms with Gasteiger partial charge in [-0.2, -0.15) is 5.10 Å². The summed E-state index contributed by atoms with van der Waals surface area (Å²) in [6.45, 7) is 5.01. The summed E-state index contributed by atoms with van der Waals surface area (Å²) < 4.78 is 3.77. The summed E-state index contributed by atoms with van der Waals surface area (Å²) in [4.78, 5) is 19.0. The normalized spacial score (nSPS) is 11.1. The molecule has 0 N–H and O–H groups in total. The van der Waals surface area contributed by atoms with E-state index in [2.05, 4.69) is 10.1 Å². The van der Waals surface area contributed by atoms with Crippen LogP contribution in [0.3, 0.4) is 0 Å². The molecule has 0 atom stereocenters. The molecule has 0 fully saturated rings. The second kappa shape index (κ2) is 5.87. The second-order valence-corrected chi connectivity index (χ2v) is 5.72. The zero-order valence-electron chi connectivity index (χ0n) is 13.9. The van der Waals surface area contributed by atoms with Gasteiger partial charge in [0.15, 0.2) is 0 Å². The SMILES string of the molecule is CCn1nc(C)cc1C(=O)N(C)Cc1nc2ccccc2n1C. The lowest BCUT2D eigenvalue weighted by atomic mass is 10.3. The third-order valence-corrected chi connectivity index (χ3v) is 4.03. The number of hydrogen-bond donors (Lipinski definition) is 0. The summed E-state index contributed by atoms with van der Waals surface area (Å²) in [6, 6.07) is 9.80. The highest BCUT2D eigenvalue weighted by atomic mass is 16.2. The highest BCUT2D eigenvalue weighted by Gasteiger charge is 2.19. The van der Waals surface area contributed by atoms with Crippen LogP contribution < -0.4 is 0 Å². The van der Waals surface area contributed by atoms with Gasteiger partial charge < -0.3 is 9.47 Å². The smallest absolute Gasteiger partial charge is 0.272 e. The molecule has 3 aromatic rings. The zero-order valence-corrected chi connectivity index (χ0v) is 13.9. The van der Waals surface area contributed by atoms with Crippen molar-refractivity contribution in [1.29, 1.82) is 0 Å². The van der Waals surface area contributed by atoms with Gasteiger partial charge in [0.05, 0.1) is 23.3 Å². The van der Waals surface area contributed by atoms with E-state index in [0.717, 1.165) is 22.6 Å². The maximum absolute atomic E-state index is 12.7. The summed E-state index contributed by atoms with van der Waals surface area (Å²) in [5.74, 6) is 0.820. The summed E-state index contributed by atoms with van der Waals surface area (Å²) in [5, 5.41) is 4.34. The van der Waals surface area contributed by atoms with Crippen molar-refractivity contribution in [3.8, 4) is 0 Å². The highest BCUT2D eigenvalue weighted by molar-refractivity contribution is 5.92. The Morgan fingerprint density at radius 2 is 2.04 bits per heavy atom. The fourth-order valence-electron chi connectivity index (χ4n) is 2.78. The Balaban J connectivity index is 1.86. The van der Waals surface area contributed by atoms with Gasteiger partial charge in [0.25, 0.3) is 5.91 Å². The Kier molecular flexibility index (Phi) is 3.90. The summed E-state index contributed by atoms with van der Waals surface area (Å²) in [7, 11) is 3.77. The Hall–Kier alpha value is -2.63. The first-order valence-electron chi connectivity index (χ1n) is 7.71. The minimum absolute atomic E-state index is 0.0421. The monoisotopic (exact) mass is 311 g/mol. The Morgan fingerprint density at radius 1 is 1.30 bits per heavy atom. The number of fused-ring (bicyclic) bond motifs is 1. The van der Waals surface area contributed by atoms with Crippen LogP contribution in [0.2, 0.25) is 0 Å². The Bertz CT molecular complexity index is 861. The van der Waals surface area contributed by atoms with E-state index in [1.165, 1.54) is 0 Å². The number of rotatable bonds is 4. The van der Waals surface area contributed by atoms with Crippen molar-refractivity contribution in [3.05, 3.63) is 47.5 Å². The van der Waals surface area contributed by atoms with E-state index in [-0.39, 0.29) is 5.91 Å². The average Bonchev–Trinajstić information content (AvgIpc) is 3.07. The summed E-state index contributed by atoms with van der Waals surface area (Å²) in [6.07, 6.45) is 0. The molecule has 120 valence electrons. The summed E-state index contributed by atoms with van der Waals surface area (Å²) >= 11 is 0. The first-order chi connectivity index (χ1) is 11.0. The fourth-order valence-corrected chi connectivity index (χ4v) is 2.78. The van der Waals surface area contributed by atoms with Crippen LogP contribution in [-0.2, 0) is 20.1 Å². The number of hydrogen-bond acceptors (Lipinski definition) is 3. The molecule has 0 aliphatic rings. The molecule has 0 unspecified atom stereocenters. The number of carbonyl (C=O) groups excluding carboxylic acids is 1. The van der Waals surface area contributed by atoms with E-state index in [9.17, 15) is 4.79 Å². The van der Waals surface area contributed by atoms with Gasteiger partial charge in [0, 0.05) is 20.6 Å². The number of nitrogens with zero attached hydrogens (tertiary/aromatic N) is 5. The van der Waals surface area contributed by atoms with Crippen LogP contribution in [0.15, 0.2) is 30.3 Å². The van der Waals surface area contributed by atoms with E-state index < -0.39 is 0 Å².